The molecule has 144 valence electrons. The van der Waals surface area contributed by atoms with Gasteiger partial charge in [-0.25, -0.2) is 14.0 Å². The summed E-state index contributed by atoms with van der Waals surface area (Å²) in [7, 11) is 0. The van der Waals surface area contributed by atoms with Gasteiger partial charge in [-0.3, -0.25) is 4.68 Å². The Balaban J connectivity index is 1.50. The first-order chi connectivity index (χ1) is 13.0. The van der Waals surface area contributed by atoms with Gasteiger partial charge in [0.05, 0.1) is 25.0 Å². The summed E-state index contributed by atoms with van der Waals surface area (Å²) in [5, 5.41) is 6.98. The Hall–Kier alpha value is -3.10. The summed E-state index contributed by atoms with van der Waals surface area (Å²) < 4.78 is 19.8. The van der Waals surface area contributed by atoms with Crippen molar-refractivity contribution >= 4 is 17.8 Å². The minimum Gasteiger partial charge on any atom is -0.450 e. The molecule has 0 spiro atoms. The van der Waals surface area contributed by atoms with Gasteiger partial charge in [-0.05, 0) is 24.6 Å². The number of aromatic nitrogens is 2. The van der Waals surface area contributed by atoms with Crippen molar-refractivity contribution in [2.75, 3.05) is 38.1 Å². The van der Waals surface area contributed by atoms with E-state index >= 15 is 0 Å². The van der Waals surface area contributed by atoms with Crippen molar-refractivity contribution in [3.63, 3.8) is 0 Å². The zero-order valence-corrected chi connectivity index (χ0v) is 15.1. The molecule has 1 N–H and O–H groups in total. The molecule has 1 aromatic heterocycles. The van der Waals surface area contributed by atoms with E-state index < -0.39 is 0 Å². The number of amides is 3. The summed E-state index contributed by atoms with van der Waals surface area (Å²) in [4.78, 5) is 27.3. The van der Waals surface area contributed by atoms with E-state index in [4.69, 9.17) is 4.74 Å². The molecule has 0 bridgehead atoms. The lowest BCUT2D eigenvalue weighted by molar-refractivity contribution is 0.0868. The van der Waals surface area contributed by atoms with Crippen LogP contribution in [0.25, 0.3) is 0 Å². The SMILES string of the molecule is CCOC(=O)N1CCN(C(=O)Nc2cnn(Cc3cccc(F)c3)c2)CC1. The minimum absolute atomic E-state index is 0.246. The first-order valence-corrected chi connectivity index (χ1v) is 8.79. The van der Waals surface area contributed by atoms with E-state index in [1.54, 1.807) is 39.9 Å². The number of hydrogen-bond acceptors (Lipinski definition) is 4. The highest BCUT2D eigenvalue weighted by Crippen LogP contribution is 2.11. The van der Waals surface area contributed by atoms with Gasteiger partial charge < -0.3 is 19.9 Å². The van der Waals surface area contributed by atoms with Crippen LogP contribution in [0.3, 0.4) is 0 Å². The molecule has 8 nitrogen and oxygen atoms in total. The molecule has 0 atom stereocenters. The summed E-state index contributed by atoms with van der Waals surface area (Å²) in [6.07, 6.45) is 2.89. The van der Waals surface area contributed by atoms with Gasteiger partial charge in [-0.2, -0.15) is 5.10 Å². The van der Waals surface area contributed by atoms with E-state index in [0.29, 0.717) is 45.0 Å². The fourth-order valence-corrected chi connectivity index (χ4v) is 2.85. The van der Waals surface area contributed by atoms with E-state index in [2.05, 4.69) is 10.4 Å². The number of nitrogens with zero attached hydrogens (tertiary/aromatic N) is 4. The second kappa shape index (κ2) is 8.52. The van der Waals surface area contributed by atoms with Gasteiger partial charge in [0.25, 0.3) is 0 Å². The van der Waals surface area contributed by atoms with Gasteiger partial charge in [0.15, 0.2) is 0 Å². The van der Waals surface area contributed by atoms with Crippen molar-refractivity contribution in [2.45, 2.75) is 13.5 Å². The zero-order chi connectivity index (χ0) is 19.2. The zero-order valence-electron chi connectivity index (χ0n) is 15.1. The van der Waals surface area contributed by atoms with Gasteiger partial charge in [0, 0.05) is 32.4 Å². The first-order valence-electron chi connectivity index (χ1n) is 8.79. The fourth-order valence-electron chi connectivity index (χ4n) is 2.85. The monoisotopic (exact) mass is 375 g/mol. The van der Waals surface area contributed by atoms with Crippen LogP contribution in [-0.2, 0) is 11.3 Å². The number of carbonyl (C=O) groups excluding carboxylic acids is 2. The molecule has 27 heavy (non-hydrogen) atoms. The van der Waals surface area contributed by atoms with Gasteiger partial charge in [-0.1, -0.05) is 12.1 Å². The van der Waals surface area contributed by atoms with Crippen molar-refractivity contribution in [1.29, 1.82) is 0 Å². The molecule has 9 heteroatoms. The summed E-state index contributed by atoms with van der Waals surface area (Å²) in [5.74, 6) is -0.296. The number of benzene rings is 1. The van der Waals surface area contributed by atoms with Crippen LogP contribution < -0.4 is 5.32 Å². The van der Waals surface area contributed by atoms with Crippen LogP contribution in [0.2, 0.25) is 0 Å². The summed E-state index contributed by atoms with van der Waals surface area (Å²) in [6.45, 7) is 4.24. The number of piperazine rings is 1. The summed E-state index contributed by atoms with van der Waals surface area (Å²) >= 11 is 0. The first kappa shape index (κ1) is 18.7. The van der Waals surface area contributed by atoms with Crippen LogP contribution in [0.4, 0.5) is 19.7 Å². The third-order valence-electron chi connectivity index (χ3n) is 4.21. The second-order valence-corrected chi connectivity index (χ2v) is 6.16. The number of ether oxygens (including phenoxy) is 1. The maximum absolute atomic E-state index is 13.2. The Morgan fingerprint density at radius 1 is 1.22 bits per heavy atom. The maximum atomic E-state index is 13.2. The highest BCUT2D eigenvalue weighted by atomic mass is 19.1. The van der Waals surface area contributed by atoms with Crippen LogP contribution in [0.5, 0.6) is 0 Å². The number of urea groups is 1. The standard InChI is InChI=1S/C18H22FN5O3/c1-2-27-18(26)23-8-6-22(7-9-23)17(25)21-16-11-20-24(13-16)12-14-4-3-5-15(19)10-14/h3-5,10-11,13H,2,6-9,12H2,1H3,(H,21,25). The fraction of sp³-hybridized carbons (Fsp3) is 0.389. The largest absolute Gasteiger partial charge is 0.450 e. The average Bonchev–Trinajstić information content (AvgIpc) is 3.09. The van der Waals surface area contributed by atoms with Crippen molar-refractivity contribution in [3.8, 4) is 0 Å². The average molecular weight is 375 g/mol. The van der Waals surface area contributed by atoms with Crippen molar-refractivity contribution in [1.82, 2.24) is 19.6 Å². The van der Waals surface area contributed by atoms with Crippen LogP contribution in [0.15, 0.2) is 36.7 Å². The molecule has 1 fully saturated rings. The Labute approximate surface area is 156 Å². The topological polar surface area (TPSA) is 79.7 Å². The van der Waals surface area contributed by atoms with Gasteiger partial charge in [0.2, 0.25) is 0 Å². The number of halogens is 1. The Morgan fingerprint density at radius 2 is 1.96 bits per heavy atom. The molecule has 0 radical (unpaired) electrons. The molecule has 1 saturated heterocycles. The lowest BCUT2D eigenvalue weighted by Gasteiger charge is -2.33. The molecule has 0 aliphatic carbocycles. The van der Waals surface area contributed by atoms with Crippen LogP contribution >= 0.6 is 0 Å². The number of rotatable bonds is 4. The van der Waals surface area contributed by atoms with Crippen LogP contribution in [-0.4, -0.2) is 64.5 Å². The maximum Gasteiger partial charge on any atom is 0.409 e. The summed E-state index contributed by atoms with van der Waals surface area (Å²) in [6, 6.07) is 6.05. The molecule has 1 aromatic carbocycles. The summed E-state index contributed by atoms with van der Waals surface area (Å²) in [5.41, 5.74) is 1.34. The lowest BCUT2D eigenvalue weighted by Crippen LogP contribution is -2.51. The third kappa shape index (κ3) is 4.96. The number of nitrogens with one attached hydrogen (secondary N) is 1. The quantitative estimate of drug-likeness (QED) is 0.890. The van der Waals surface area contributed by atoms with Crippen molar-refractivity contribution in [3.05, 3.63) is 48.0 Å². The van der Waals surface area contributed by atoms with E-state index in [1.807, 2.05) is 6.07 Å². The highest BCUT2D eigenvalue weighted by Gasteiger charge is 2.25. The van der Waals surface area contributed by atoms with E-state index in [0.717, 1.165) is 5.56 Å². The molecule has 3 rings (SSSR count). The second-order valence-electron chi connectivity index (χ2n) is 6.16. The molecule has 3 amide bonds. The Kier molecular flexibility index (Phi) is 5.90. The molecule has 1 aliphatic heterocycles. The molecule has 0 saturated carbocycles. The molecule has 2 aromatic rings. The van der Waals surface area contributed by atoms with Crippen LogP contribution in [0, 0.1) is 5.82 Å². The predicted molar refractivity (Wildman–Crippen MR) is 96.9 cm³/mol. The predicted octanol–water partition coefficient (Wildman–Crippen LogP) is 2.38. The molecule has 1 aliphatic rings. The molecule has 0 unspecified atom stereocenters. The number of hydrogen-bond donors (Lipinski definition) is 1. The smallest absolute Gasteiger partial charge is 0.409 e. The van der Waals surface area contributed by atoms with Gasteiger partial charge >= 0.3 is 12.1 Å². The Bertz CT molecular complexity index is 802. The van der Waals surface area contributed by atoms with Gasteiger partial charge in [0.1, 0.15) is 5.82 Å². The Morgan fingerprint density at radius 3 is 2.67 bits per heavy atom. The third-order valence-corrected chi connectivity index (χ3v) is 4.21. The van der Waals surface area contributed by atoms with E-state index in [1.165, 1.54) is 12.1 Å². The lowest BCUT2D eigenvalue weighted by atomic mass is 10.2. The van der Waals surface area contributed by atoms with E-state index in [-0.39, 0.29) is 17.9 Å². The molecule has 2 heterocycles. The van der Waals surface area contributed by atoms with Crippen molar-refractivity contribution < 1.29 is 18.7 Å². The van der Waals surface area contributed by atoms with Crippen molar-refractivity contribution in [2.24, 2.45) is 0 Å². The minimum atomic E-state index is -0.351. The number of anilines is 1. The van der Waals surface area contributed by atoms with Gasteiger partial charge in [-0.15, -0.1) is 0 Å². The van der Waals surface area contributed by atoms with E-state index in [9.17, 15) is 14.0 Å². The molecular formula is C18H22FN5O3. The number of carbonyl (C=O) groups is 2. The molecular weight excluding hydrogens is 353 g/mol. The van der Waals surface area contributed by atoms with Crippen LogP contribution in [0.1, 0.15) is 12.5 Å². The highest BCUT2D eigenvalue weighted by molar-refractivity contribution is 5.89. The normalized spacial score (nSPS) is 14.1.